The summed E-state index contributed by atoms with van der Waals surface area (Å²) in [5, 5.41) is 0. The number of rotatable bonds is 6. The SMILES string of the molecule is CS(=O)(=O)NC(=O)c1cc(C2CC2)c(OCC23CC4CC(CC(F)(C4)C2)C3)cc1F. The number of carbonyl (C=O) groups is 1. The first-order valence-electron chi connectivity index (χ1n) is 10.7. The Labute approximate surface area is 175 Å². The fraction of sp³-hybridized carbons (Fsp3) is 0.682. The summed E-state index contributed by atoms with van der Waals surface area (Å²) in [6.45, 7) is 0.361. The summed E-state index contributed by atoms with van der Waals surface area (Å²) in [5.41, 5.74) is -0.837. The molecule has 5 aliphatic rings. The highest BCUT2D eigenvalue weighted by Gasteiger charge is 2.58. The van der Waals surface area contributed by atoms with Gasteiger partial charge in [0.1, 0.15) is 17.2 Å². The van der Waals surface area contributed by atoms with Gasteiger partial charge in [0.15, 0.2) is 0 Å². The predicted molar refractivity (Wildman–Crippen MR) is 107 cm³/mol. The number of ether oxygens (including phenoxy) is 1. The number of sulfonamides is 1. The van der Waals surface area contributed by atoms with E-state index in [-0.39, 0.29) is 16.9 Å². The summed E-state index contributed by atoms with van der Waals surface area (Å²) >= 11 is 0. The lowest BCUT2D eigenvalue weighted by Gasteiger charge is -2.58. The minimum atomic E-state index is -3.79. The van der Waals surface area contributed by atoms with Gasteiger partial charge in [0, 0.05) is 11.5 Å². The Morgan fingerprint density at radius 3 is 2.43 bits per heavy atom. The third kappa shape index (κ3) is 3.83. The van der Waals surface area contributed by atoms with Crippen LogP contribution in [0.2, 0.25) is 0 Å². The van der Waals surface area contributed by atoms with Gasteiger partial charge >= 0.3 is 0 Å². The van der Waals surface area contributed by atoms with Gasteiger partial charge in [-0.15, -0.1) is 0 Å². The Morgan fingerprint density at radius 2 is 1.87 bits per heavy atom. The van der Waals surface area contributed by atoms with Crippen LogP contribution in [0.4, 0.5) is 8.78 Å². The van der Waals surface area contributed by atoms with Crippen molar-refractivity contribution in [2.75, 3.05) is 12.9 Å². The minimum absolute atomic E-state index is 0.175. The van der Waals surface area contributed by atoms with E-state index in [4.69, 9.17) is 4.74 Å². The van der Waals surface area contributed by atoms with Crippen molar-refractivity contribution in [3.8, 4) is 5.75 Å². The van der Waals surface area contributed by atoms with Crippen molar-refractivity contribution in [1.29, 1.82) is 0 Å². The third-order valence-electron chi connectivity index (χ3n) is 7.28. The average molecular weight is 440 g/mol. The van der Waals surface area contributed by atoms with Crippen LogP contribution in [0, 0.1) is 23.1 Å². The van der Waals surface area contributed by atoms with Gasteiger partial charge in [0.05, 0.1) is 18.4 Å². The normalized spacial score (nSPS) is 34.8. The number of halogens is 2. The first-order chi connectivity index (χ1) is 14.0. The molecule has 0 spiro atoms. The average Bonchev–Trinajstić information content (AvgIpc) is 3.41. The maximum absolute atomic E-state index is 15.2. The van der Waals surface area contributed by atoms with Crippen LogP contribution >= 0.6 is 0 Å². The van der Waals surface area contributed by atoms with E-state index in [0.29, 0.717) is 43.5 Å². The number of alkyl halides is 1. The van der Waals surface area contributed by atoms with Crippen molar-refractivity contribution in [2.24, 2.45) is 17.3 Å². The van der Waals surface area contributed by atoms with Gasteiger partial charge in [-0.25, -0.2) is 21.9 Å². The summed E-state index contributed by atoms with van der Waals surface area (Å²) < 4.78 is 60.5. The van der Waals surface area contributed by atoms with Crippen LogP contribution in [0.15, 0.2) is 12.1 Å². The monoisotopic (exact) mass is 439 g/mol. The molecule has 0 heterocycles. The summed E-state index contributed by atoms with van der Waals surface area (Å²) in [6, 6.07) is 2.61. The Hall–Kier alpha value is -1.70. The predicted octanol–water partition coefficient (Wildman–Crippen LogP) is 4.08. The van der Waals surface area contributed by atoms with Crippen LogP contribution < -0.4 is 9.46 Å². The van der Waals surface area contributed by atoms with Gasteiger partial charge in [-0.1, -0.05) is 0 Å². The lowest BCUT2D eigenvalue weighted by molar-refractivity contribution is -0.136. The Kier molecular flexibility index (Phi) is 4.48. The third-order valence-corrected chi connectivity index (χ3v) is 7.84. The van der Waals surface area contributed by atoms with Gasteiger partial charge in [-0.05, 0) is 80.8 Å². The van der Waals surface area contributed by atoms with Gasteiger partial charge in [-0.2, -0.15) is 0 Å². The molecule has 6 rings (SSSR count). The molecule has 0 radical (unpaired) electrons. The second-order valence-electron chi connectivity index (χ2n) is 10.2. The first-order valence-corrected chi connectivity index (χ1v) is 12.6. The zero-order valence-corrected chi connectivity index (χ0v) is 17.9. The number of carbonyl (C=O) groups excluding carboxylic acids is 1. The number of benzene rings is 1. The van der Waals surface area contributed by atoms with Crippen LogP contribution in [0.5, 0.6) is 5.75 Å². The lowest BCUT2D eigenvalue weighted by Crippen LogP contribution is -2.55. The van der Waals surface area contributed by atoms with Crippen LogP contribution in [0.1, 0.15) is 73.2 Å². The molecule has 0 aliphatic heterocycles. The van der Waals surface area contributed by atoms with E-state index in [1.54, 1.807) is 0 Å². The van der Waals surface area contributed by atoms with Gasteiger partial charge in [0.25, 0.3) is 5.91 Å². The van der Waals surface area contributed by atoms with Crippen molar-refractivity contribution >= 4 is 15.9 Å². The highest BCUT2D eigenvalue weighted by Crippen LogP contribution is 2.63. The molecular formula is C22H27F2NO4S. The van der Waals surface area contributed by atoms with E-state index in [2.05, 4.69) is 0 Å². The fourth-order valence-corrected chi connectivity index (χ4v) is 6.99. The zero-order chi connectivity index (χ0) is 21.3. The highest BCUT2D eigenvalue weighted by molar-refractivity contribution is 7.89. The maximum atomic E-state index is 15.2. The molecule has 5 nitrogen and oxygen atoms in total. The summed E-state index contributed by atoms with van der Waals surface area (Å²) in [6.07, 6.45) is 7.56. The Morgan fingerprint density at radius 1 is 1.20 bits per heavy atom. The molecule has 5 fully saturated rings. The lowest BCUT2D eigenvalue weighted by atomic mass is 9.49. The number of amides is 1. The topological polar surface area (TPSA) is 72.5 Å². The van der Waals surface area contributed by atoms with Gasteiger partial charge in [-0.3, -0.25) is 4.79 Å². The number of nitrogens with one attached hydrogen (secondary N) is 1. The second kappa shape index (κ2) is 6.65. The number of hydrogen-bond donors (Lipinski definition) is 1. The van der Waals surface area contributed by atoms with Crippen molar-refractivity contribution in [2.45, 2.75) is 63.0 Å². The Bertz CT molecular complexity index is 991. The molecule has 0 aromatic heterocycles. The van der Waals surface area contributed by atoms with E-state index in [1.165, 1.54) is 12.1 Å². The first kappa shape index (κ1) is 20.2. The molecule has 1 aromatic rings. The quantitative estimate of drug-likeness (QED) is 0.725. The molecule has 2 unspecified atom stereocenters. The fourth-order valence-electron chi connectivity index (χ4n) is 6.54. The molecule has 5 aliphatic carbocycles. The standard InChI is InChI=1S/C22H27F2NO4S/c1-30(27,28)25-20(26)17-5-16(15-2-3-15)19(6-18(17)23)29-12-21-7-13-4-14(8-21)10-22(24,9-13)11-21/h5-6,13-15H,2-4,7-12H2,1H3,(H,25,26). The molecule has 1 amide bonds. The van der Waals surface area contributed by atoms with E-state index in [1.807, 2.05) is 4.72 Å². The van der Waals surface area contributed by atoms with Crippen LogP contribution in [0.3, 0.4) is 0 Å². The van der Waals surface area contributed by atoms with E-state index >= 15 is 4.39 Å². The zero-order valence-electron chi connectivity index (χ0n) is 17.0. The molecular weight excluding hydrogens is 412 g/mol. The minimum Gasteiger partial charge on any atom is -0.493 e. The van der Waals surface area contributed by atoms with Crippen molar-refractivity contribution in [3.05, 3.63) is 29.1 Å². The second-order valence-corrected chi connectivity index (χ2v) is 12.0. The molecule has 4 bridgehead atoms. The molecule has 1 N–H and O–H groups in total. The molecule has 164 valence electrons. The highest BCUT2D eigenvalue weighted by atomic mass is 32.2. The molecule has 0 saturated heterocycles. The van der Waals surface area contributed by atoms with Crippen LogP contribution in [-0.4, -0.2) is 32.9 Å². The summed E-state index contributed by atoms with van der Waals surface area (Å²) in [7, 11) is -3.79. The van der Waals surface area contributed by atoms with Gasteiger partial charge in [0.2, 0.25) is 10.0 Å². The van der Waals surface area contributed by atoms with Crippen molar-refractivity contribution in [1.82, 2.24) is 4.72 Å². The van der Waals surface area contributed by atoms with E-state index in [0.717, 1.165) is 43.9 Å². The Balaban J connectivity index is 1.39. The summed E-state index contributed by atoms with van der Waals surface area (Å²) in [5.74, 6) is -0.390. The van der Waals surface area contributed by atoms with Gasteiger partial charge < -0.3 is 4.74 Å². The largest absolute Gasteiger partial charge is 0.493 e. The molecule has 1 aromatic carbocycles. The van der Waals surface area contributed by atoms with Crippen LogP contribution in [0.25, 0.3) is 0 Å². The smallest absolute Gasteiger partial charge is 0.267 e. The molecule has 30 heavy (non-hydrogen) atoms. The van der Waals surface area contributed by atoms with E-state index in [9.17, 15) is 17.6 Å². The molecule has 5 saturated carbocycles. The molecule has 8 heteroatoms. The number of hydrogen-bond acceptors (Lipinski definition) is 4. The maximum Gasteiger partial charge on any atom is 0.267 e. The van der Waals surface area contributed by atoms with Crippen LogP contribution in [-0.2, 0) is 10.0 Å². The molecule has 2 atom stereocenters. The van der Waals surface area contributed by atoms with E-state index < -0.39 is 27.4 Å². The van der Waals surface area contributed by atoms with Crippen molar-refractivity contribution < 1.29 is 26.7 Å². The summed E-state index contributed by atoms with van der Waals surface area (Å²) in [4.78, 5) is 12.2. The van der Waals surface area contributed by atoms with Crippen molar-refractivity contribution in [3.63, 3.8) is 0 Å².